The standard InChI is InChI=1S/C19H28N4O3/c1-23(2)18(24)12-21-19(22-15-6-4-3-5-7-15)20-11-14-8-9-16-17(10-14)26-13-25-16/h8-10,15H,3-7,11-13H2,1-2H3,(H2,20,21,22). The molecule has 0 spiro atoms. The Morgan fingerprint density at radius 1 is 1.19 bits per heavy atom. The van der Waals surface area contributed by atoms with E-state index in [9.17, 15) is 4.79 Å². The van der Waals surface area contributed by atoms with Gasteiger partial charge in [0.1, 0.15) is 0 Å². The van der Waals surface area contributed by atoms with Crippen molar-refractivity contribution in [3.63, 3.8) is 0 Å². The Kier molecular flexibility index (Phi) is 6.20. The molecule has 0 aromatic heterocycles. The highest BCUT2D eigenvalue weighted by molar-refractivity contribution is 5.86. The molecule has 2 N–H and O–H groups in total. The van der Waals surface area contributed by atoms with Crippen molar-refractivity contribution >= 4 is 11.9 Å². The van der Waals surface area contributed by atoms with Crippen LogP contribution in [0.2, 0.25) is 0 Å². The molecule has 1 fully saturated rings. The number of nitrogens with one attached hydrogen (secondary N) is 2. The van der Waals surface area contributed by atoms with Gasteiger partial charge in [-0.1, -0.05) is 25.3 Å². The summed E-state index contributed by atoms with van der Waals surface area (Å²) in [5.41, 5.74) is 1.04. The number of hydrogen-bond acceptors (Lipinski definition) is 4. The van der Waals surface area contributed by atoms with Gasteiger partial charge in [0.25, 0.3) is 0 Å². The fraction of sp³-hybridized carbons (Fsp3) is 0.579. The summed E-state index contributed by atoms with van der Waals surface area (Å²) in [7, 11) is 3.50. The molecule has 0 radical (unpaired) electrons. The van der Waals surface area contributed by atoms with Crippen molar-refractivity contribution in [1.29, 1.82) is 0 Å². The van der Waals surface area contributed by atoms with Gasteiger partial charge in [0.15, 0.2) is 17.5 Å². The van der Waals surface area contributed by atoms with Crippen LogP contribution < -0.4 is 20.1 Å². The number of hydrogen-bond donors (Lipinski definition) is 2. The van der Waals surface area contributed by atoms with Crippen LogP contribution in [0.25, 0.3) is 0 Å². The third kappa shape index (κ3) is 5.03. The van der Waals surface area contributed by atoms with Crippen molar-refractivity contribution in [1.82, 2.24) is 15.5 Å². The SMILES string of the molecule is CN(C)C(=O)CNC(=NCc1ccc2c(c1)OCO2)NC1CCCCC1. The number of ether oxygens (including phenoxy) is 2. The molecule has 0 saturated heterocycles. The van der Waals surface area contributed by atoms with Gasteiger partial charge in [0.05, 0.1) is 13.1 Å². The van der Waals surface area contributed by atoms with E-state index < -0.39 is 0 Å². The van der Waals surface area contributed by atoms with E-state index in [-0.39, 0.29) is 19.2 Å². The molecule has 1 amide bonds. The summed E-state index contributed by atoms with van der Waals surface area (Å²) >= 11 is 0. The number of rotatable bonds is 5. The Hall–Kier alpha value is -2.44. The summed E-state index contributed by atoms with van der Waals surface area (Å²) in [6.07, 6.45) is 6.07. The summed E-state index contributed by atoms with van der Waals surface area (Å²) in [6.45, 7) is 1.01. The van der Waals surface area contributed by atoms with Crippen LogP contribution in [-0.4, -0.2) is 50.2 Å². The van der Waals surface area contributed by atoms with Crippen LogP contribution >= 0.6 is 0 Å². The molecule has 0 atom stereocenters. The molecule has 3 rings (SSSR count). The maximum Gasteiger partial charge on any atom is 0.241 e. The number of amides is 1. The lowest BCUT2D eigenvalue weighted by Crippen LogP contribution is -2.47. The summed E-state index contributed by atoms with van der Waals surface area (Å²) < 4.78 is 10.8. The second kappa shape index (κ2) is 8.78. The van der Waals surface area contributed by atoms with Gasteiger partial charge in [0, 0.05) is 20.1 Å². The summed E-state index contributed by atoms with van der Waals surface area (Å²) in [6, 6.07) is 6.26. The van der Waals surface area contributed by atoms with Gasteiger partial charge in [-0.05, 0) is 30.5 Å². The minimum absolute atomic E-state index is 0.0197. The third-order valence-corrected chi connectivity index (χ3v) is 4.71. The van der Waals surface area contributed by atoms with Gasteiger partial charge in [0.2, 0.25) is 12.7 Å². The van der Waals surface area contributed by atoms with Gasteiger partial charge >= 0.3 is 0 Å². The average molecular weight is 360 g/mol. The van der Waals surface area contributed by atoms with E-state index in [1.807, 2.05) is 18.2 Å². The first-order chi connectivity index (χ1) is 12.6. The Labute approximate surface area is 154 Å². The molecule has 1 aromatic carbocycles. The van der Waals surface area contributed by atoms with Crippen molar-refractivity contribution in [2.24, 2.45) is 4.99 Å². The van der Waals surface area contributed by atoms with Crippen LogP contribution in [0.15, 0.2) is 23.2 Å². The predicted octanol–water partition coefficient (Wildman–Crippen LogP) is 1.87. The van der Waals surface area contributed by atoms with E-state index in [4.69, 9.17) is 9.47 Å². The fourth-order valence-electron chi connectivity index (χ4n) is 3.12. The highest BCUT2D eigenvalue weighted by Gasteiger charge is 2.16. The molecule has 7 heteroatoms. The van der Waals surface area contributed by atoms with Crippen molar-refractivity contribution in [3.8, 4) is 11.5 Å². The summed E-state index contributed by atoms with van der Waals surface area (Å²) in [5, 5.41) is 6.65. The van der Waals surface area contributed by atoms with Gasteiger partial charge < -0.3 is 25.0 Å². The van der Waals surface area contributed by atoms with Crippen LogP contribution in [-0.2, 0) is 11.3 Å². The Bertz CT molecular complexity index is 654. The van der Waals surface area contributed by atoms with Crippen molar-refractivity contribution in [2.75, 3.05) is 27.4 Å². The lowest BCUT2D eigenvalue weighted by Gasteiger charge is -2.25. The minimum Gasteiger partial charge on any atom is -0.454 e. The second-order valence-electron chi connectivity index (χ2n) is 6.97. The maximum atomic E-state index is 11.9. The topological polar surface area (TPSA) is 75.2 Å². The minimum atomic E-state index is 0.0197. The molecule has 142 valence electrons. The molecule has 2 aliphatic rings. The fourth-order valence-corrected chi connectivity index (χ4v) is 3.12. The number of carbonyl (C=O) groups excluding carboxylic acids is 1. The predicted molar refractivity (Wildman–Crippen MR) is 100 cm³/mol. The average Bonchev–Trinajstić information content (AvgIpc) is 3.12. The molecular formula is C19H28N4O3. The third-order valence-electron chi connectivity index (χ3n) is 4.71. The monoisotopic (exact) mass is 360 g/mol. The highest BCUT2D eigenvalue weighted by Crippen LogP contribution is 2.32. The van der Waals surface area contributed by atoms with Gasteiger partial charge in [-0.15, -0.1) is 0 Å². The van der Waals surface area contributed by atoms with Crippen molar-refractivity contribution < 1.29 is 14.3 Å². The number of likely N-dealkylation sites (N-methyl/N-ethyl adjacent to an activating group) is 1. The van der Waals surface area contributed by atoms with E-state index in [1.165, 1.54) is 19.3 Å². The Balaban J connectivity index is 1.64. The normalized spacial score (nSPS) is 17.1. The van der Waals surface area contributed by atoms with Gasteiger partial charge in [-0.2, -0.15) is 0 Å². The lowest BCUT2D eigenvalue weighted by atomic mass is 9.96. The van der Waals surface area contributed by atoms with Gasteiger partial charge in [-0.3, -0.25) is 4.79 Å². The molecule has 26 heavy (non-hydrogen) atoms. The van der Waals surface area contributed by atoms with Crippen LogP contribution in [0.4, 0.5) is 0 Å². The molecular weight excluding hydrogens is 332 g/mol. The van der Waals surface area contributed by atoms with E-state index in [0.717, 1.165) is 29.9 Å². The quantitative estimate of drug-likeness (QED) is 0.619. The van der Waals surface area contributed by atoms with Crippen LogP contribution in [0.3, 0.4) is 0 Å². The van der Waals surface area contributed by atoms with E-state index in [1.54, 1.807) is 19.0 Å². The number of nitrogens with zero attached hydrogens (tertiary/aromatic N) is 2. The van der Waals surface area contributed by atoms with Crippen molar-refractivity contribution in [2.45, 2.75) is 44.7 Å². The van der Waals surface area contributed by atoms with Gasteiger partial charge in [-0.25, -0.2) is 4.99 Å². The zero-order chi connectivity index (χ0) is 18.4. The first-order valence-electron chi connectivity index (χ1n) is 9.25. The molecule has 1 aromatic rings. The Morgan fingerprint density at radius 3 is 2.73 bits per heavy atom. The maximum absolute atomic E-state index is 11.9. The van der Waals surface area contributed by atoms with Crippen LogP contribution in [0.1, 0.15) is 37.7 Å². The molecule has 1 aliphatic carbocycles. The van der Waals surface area contributed by atoms with E-state index in [0.29, 0.717) is 18.5 Å². The molecule has 0 unspecified atom stereocenters. The zero-order valence-electron chi connectivity index (χ0n) is 15.6. The number of aliphatic imine (C=N–C) groups is 1. The second-order valence-corrected chi connectivity index (χ2v) is 6.97. The van der Waals surface area contributed by atoms with Crippen LogP contribution in [0.5, 0.6) is 11.5 Å². The number of carbonyl (C=O) groups is 1. The molecule has 1 saturated carbocycles. The molecule has 1 heterocycles. The molecule has 7 nitrogen and oxygen atoms in total. The highest BCUT2D eigenvalue weighted by atomic mass is 16.7. The first-order valence-corrected chi connectivity index (χ1v) is 9.25. The number of benzene rings is 1. The Morgan fingerprint density at radius 2 is 1.96 bits per heavy atom. The molecule has 0 bridgehead atoms. The van der Waals surface area contributed by atoms with Crippen molar-refractivity contribution in [3.05, 3.63) is 23.8 Å². The molecule has 1 aliphatic heterocycles. The lowest BCUT2D eigenvalue weighted by molar-refractivity contribution is -0.127. The van der Waals surface area contributed by atoms with E-state index in [2.05, 4.69) is 15.6 Å². The first kappa shape index (κ1) is 18.4. The summed E-state index contributed by atoms with van der Waals surface area (Å²) in [4.78, 5) is 18.1. The summed E-state index contributed by atoms with van der Waals surface area (Å²) in [5.74, 6) is 2.24. The number of guanidine groups is 1. The van der Waals surface area contributed by atoms with Crippen LogP contribution in [0, 0.1) is 0 Å². The zero-order valence-corrected chi connectivity index (χ0v) is 15.6. The smallest absolute Gasteiger partial charge is 0.241 e. The van der Waals surface area contributed by atoms with E-state index >= 15 is 0 Å². The largest absolute Gasteiger partial charge is 0.454 e. The number of fused-ring (bicyclic) bond motifs is 1.